The van der Waals surface area contributed by atoms with Crippen LogP contribution in [0.25, 0.3) is 6.08 Å². The van der Waals surface area contributed by atoms with Crippen molar-refractivity contribution in [3.63, 3.8) is 0 Å². The van der Waals surface area contributed by atoms with Crippen LogP contribution in [0.5, 0.6) is 11.5 Å². The van der Waals surface area contributed by atoms with Gasteiger partial charge in [-0.05, 0) is 23.8 Å². The van der Waals surface area contributed by atoms with Crippen LogP contribution in [0.3, 0.4) is 0 Å². The van der Waals surface area contributed by atoms with Gasteiger partial charge in [0.1, 0.15) is 6.07 Å². The molecule has 1 aromatic heterocycles. The number of methoxy groups -OCH3 is 1. The lowest BCUT2D eigenvalue weighted by molar-refractivity contribution is -0.112. The Hall–Kier alpha value is -3.07. The Labute approximate surface area is 130 Å². The number of thiazole rings is 1. The molecule has 2 N–H and O–H groups in total. The van der Waals surface area contributed by atoms with E-state index in [4.69, 9.17) is 10.00 Å². The van der Waals surface area contributed by atoms with Gasteiger partial charge in [0.25, 0.3) is 5.91 Å². The van der Waals surface area contributed by atoms with Gasteiger partial charge < -0.3 is 9.84 Å². The largest absolute Gasteiger partial charge is 0.504 e. The zero-order valence-corrected chi connectivity index (χ0v) is 12.3. The maximum Gasteiger partial charge on any atom is 0.276 e. The predicted molar refractivity (Wildman–Crippen MR) is 82.5 cm³/mol. The van der Waals surface area contributed by atoms with Crippen molar-refractivity contribution in [3.05, 3.63) is 46.6 Å². The van der Waals surface area contributed by atoms with E-state index in [9.17, 15) is 9.90 Å². The van der Waals surface area contributed by atoms with Crippen LogP contribution >= 0.6 is 11.3 Å². The Morgan fingerprint density at radius 1 is 1.55 bits per heavy atom. The lowest BCUT2D eigenvalue weighted by Crippen LogP contribution is -2.12. The molecular formula is C15H11N3O3S. The number of rotatable bonds is 4. The zero-order chi connectivity index (χ0) is 15.9. The minimum Gasteiger partial charge on any atom is -0.504 e. The van der Waals surface area contributed by atoms with E-state index in [0.717, 1.165) is 0 Å². The summed E-state index contributed by atoms with van der Waals surface area (Å²) in [6.45, 7) is 0. The molecule has 1 amide bonds. The molecule has 0 atom stereocenters. The summed E-state index contributed by atoms with van der Waals surface area (Å²) in [5.74, 6) is -0.286. The smallest absolute Gasteiger partial charge is 0.276 e. The molecule has 2 rings (SSSR count). The van der Waals surface area contributed by atoms with Crippen LogP contribution in [0, 0.1) is 11.3 Å². The summed E-state index contributed by atoms with van der Waals surface area (Å²) in [6.07, 6.45) is 3.01. The lowest BCUT2D eigenvalue weighted by Gasteiger charge is -2.03. The van der Waals surface area contributed by atoms with Crippen molar-refractivity contribution in [2.75, 3.05) is 12.4 Å². The zero-order valence-electron chi connectivity index (χ0n) is 11.5. The summed E-state index contributed by atoms with van der Waals surface area (Å²) in [6, 6.07) is 6.41. The normalized spacial score (nSPS) is 9.27. The van der Waals surface area contributed by atoms with Gasteiger partial charge >= 0.3 is 0 Å². The number of hydrogen-bond donors (Lipinski definition) is 2. The van der Waals surface area contributed by atoms with Gasteiger partial charge in [-0.1, -0.05) is 11.8 Å². The SMILES string of the molecule is COc1cc(C=C=C(C#N)C(=O)Nc2nccs2)ccc1O. The Kier molecular flexibility index (Phi) is 4.94. The number of nitriles is 1. The number of nitrogens with zero attached hydrogens (tertiary/aromatic N) is 2. The summed E-state index contributed by atoms with van der Waals surface area (Å²) >= 11 is 1.25. The first-order chi connectivity index (χ1) is 10.6. The highest BCUT2D eigenvalue weighted by Crippen LogP contribution is 2.26. The Balaban J connectivity index is 2.24. The molecule has 7 heteroatoms. The molecule has 6 nitrogen and oxygen atoms in total. The second kappa shape index (κ2) is 7.09. The maximum absolute atomic E-state index is 11.9. The molecule has 1 heterocycles. The summed E-state index contributed by atoms with van der Waals surface area (Å²) in [5, 5.41) is 23.2. The molecule has 2 aromatic rings. The van der Waals surface area contributed by atoms with Crippen LogP contribution in [-0.2, 0) is 4.79 Å². The number of anilines is 1. The molecule has 1 aromatic carbocycles. The maximum atomic E-state index is 11.9. The van der Waals surface area contributed by atoms with E-state index in [2.05, 4.69) is 16.0 Å². The van der Waals surface area contributed by atoms with Gasteiger partial charge in [0.2, 0.25) is 0 Å². The molecule has 0 aliphatic rings. The molecule has 0 radical (unpaired) electrons. The van der Waals surface area contributed by atoms with Crippen molar-refractivity contribution in [2.45, 2.75) is 0 Å². The number of ether oxygens (including phenoxy) is 1. The van der Waals surface area contributed by atoms with Crippen LogP contribution in [-0.4, -0.2) is 23.1 Å². The Morgan fingerprint density at radius 3 is 3.00 bits per heavy atom. The van der Waals surface area contributed by atoms with Crippen LogP contribution < -0.4 is 10.1 Å². The first-order valence-electron chi connectivity index (χ1n) is 6.08. The van der Waals surface area contributed by atoms with Gasteiger partial charge in [-0.3, -0.25) is 10.1 Å². The highest BCUT2D eigenvalue weighted by Gasteiger charge is 2.09. The van der Waals surface area contributed by atoms with Gasteiger partial charge in [-0.25, -0.2) is 4.98 Å². The number of aromatic nitrogens is 1. The number of nitrogens with one attached hydrogen (secondary N) is 1. The standard InChI is InChI=1S/C15H11N3O3S/c1-21-13-8-10(3-5-12(13)19)2-4-11(9-16)14(20)18-15-17-6-7-22-15/h2-3,5-8,19H,1H3,(H,17,18,20). The summed E-state index contributed by atoms with van der Waals surface area (Å²) in [5.41, 5.74) is 3.08. The monoisotopic (exact) mass is 313 g/mol. The van der Waals surface area contributed by atoms with E-state index in [0.29, 0.717) is 16.4 Å². The first-order valence-corrected chi connectivity index (χ1v) is 6.96. The third kappa shape index (κ3) is 3.73. The number of carbonyl (C=O) groups is 1. The highest BCUT2D eigenvalue weighted by atomic mass is 32.1. The topological polar surface area (TPSA) is 95.2 Å². The van der Waals surface area contributed by atoms with Gasteiger partial charge in [0.05, 0.1) is 7.11 Å². The van der Waals surface area contributed by atoms with E-state index in [-0.39, 0.29) is 11.3 Å². The number of hydrogen-bond acceptors (Lipinski definition) is 6. The second-order valence-electron chi connectivity index (χ2n) is 4.00. The second-order valence-corrected chi connectivity index (χ2v) is 4.89. The fourth-order valence-corrected chi connectivity index (χ4v) is 2.06. The average molecular weight is 313 g/mol. The molecular weight excluding hydrogens is 302 g/mol. The third-order valence-electron chi connectivity index (χ3n) is 2.58. The van der Waals surface area contributed by atoms with Gasteiger partial charge in [0, 0.05) is 11.6 Å². The summed E-state index contributed by atoms with van der Waals surface area (Å²) in [4.78, 5) is 15.8. The van der Waals surface area contributed by atoms with E-state index in [1.165, 1.54) is 30.6 Å². The first kappa shape index (κ1) is 15.3. The molecule has 0 aliphatic heterocycles. The van der Waals surface area contributed by atoms with Gasteiger partial charge in [0.15, 0.2) is 22.2 Å². The van der Waals surface area contributed by atoms with Crippen LogP contribution in [0.2, 0.25) is 0 Å². The number of phenolic OH excluding ortho intramolecular Hbond substituents is 1. The molecule has 110 valence electrons. The van der Waals surface area contributed by atoms with Gasteiger partial charge in [-0.2, -0.15) is 5.26 Å². The van der Waals surface area contributed by atoms with Crippen LogP contribution in [0.15, 0.2) is 41.1 Å². The molecule has 22 heavy (non-hydrogen) atoms. The number of benzene rings is 1. The van der Waals surface area contributed by atoms with E-state index in [1.54, 1.807) is 29.8 Å². The van der Waals surface area contributed by atoms with Crippen molar-refractivity contribution in [1.82, 2.24) is 4.98 Å². The Bertz CT molecular complexity index is 785. The molecule has 0 spiro atoms. The third-order valence-corrected chi connectivity index (χ3v) is 3.27. The fraction of sp³-hybridized carbons (Fsp3) is 0.0667. The number of aromatic hydroxyl groups is 1. The van der Waals surface area contributed by atoms with Crippen molar-refractivity contribution in [1.29, 1.82) is 5.26 Å². The van der Waals surface area contributed by atoms with E-state index < -0.39 is 5.91 Å². The van der Waals surface area contributed by atoms with Crippen LogP contribution in [0.4, 0.5) is 5.13 Å². The lowest BCUT2D eigenvalue weighted by atomic mass is 10.2. The molecule has 0 saturated carbocycles. The summed E-state index contributed by atoms with van der Waals surface area (Å²) in [7, 11) is 1.43. The number of amides is 1. The van der Waals surface area contributed by atoms with E-state index in [1.807, 2.05) is 0 Å². The quantitative estimate of drug-likeness (QED) is 0.514. The van der Waals surface area contributed by atoms with Crippen molar-refractivity contribution in [3.8, 4) is 17.6 Å². The highest BCUT2D eigenvalue weighted by molar-refractivity contribution is 7.13. The van der Waals surface area contributed by atoms with Gasteiger partial charge in [-0.15, -0.1) is 11.3 Å². The Morgan fingerprint density at radius 2 is 2.36 bits per heavy atom. The van der Waals surface area contributed by atoms with Crippen LogP contribution in [0.1, 0.15) is 5.56 Å². The minimum absolute atomic E-state index is 0.00523. The molecule has 0 unspecified atom stereocenters. The molecule has 0 aliphatic carbocycles. The average Bonchev–Trinajstić information content (AvgIpc) is 3.02. The molecule has 0 fully saturated rings. The number of phenols is 1. The predicted octanol–water partition coefficient (Wildman–Crippen LogP) is 2.56. The number of carbonyl (C=O) groups excluding carboxylic acids is 1. The molecule has 0 bridgehead atoms. The van der Waals surface area contributed by atoms with E-state index >= 15 is 0 Å². The summed E-state index contributed by atoms with van der Waals surface area (Å²) < 4.78 is 4.98. The fourth-order valence-electron chi connectivity index (χ4n) is 1.53. The van der Waals surface area contributed by atoms with Crippen molar-refractivity contribution < 1.29 is 14.6 Å². The minimum atomic E-state index is -0.584. The van der Waals surface area contributed by atoms with Crippen molar-refractivity contribution in [2.24, 2.45) is 0 Å². The van der Waals surface area contributed by atoms with Crippen molar-refractivity contribution >= 4 is 28.5 Å². The molecule has 0 saturated heterocycles.